The molecule has 0 bridgehead atoms. The number of hydrogen-bond acceptors (Lipinski definition) is 9. The van der Waals surface area contributed by atoms with Gasteiger partial charge in [-0.25, -0.2) is 4.57 Å². The lowest BCUT2D eigenvalue weighted by Crippen LogP contribution is -2.34. The van der Waals surface area contributed by atoms with Gasteiger partial charge in [-0.1, -0.05) is 170 Å². The van der Waals surface area contributed by atoms with Gasteiger partial charge < -0.3 is 25.2 Å². The molecule has 0 saturated heterocycles. The summed E-state index contributed by atoms with van der Waals surface area (Å²) < 4.78 is 32.8. The zero-order valence-corrected chi connectivity index (χ0v) is 39.6. The molecule has 0 aliphatic rings. The second-order valence-electron chi connectivity index (χ2n) is 15.9. The van der Waals surface area contributed by atoms with Gasteiger partial charge in [0.15, 0.2) is 6.10 Å². The Kier molecular flexibility index (Phi) is 42.3. The van der Waals surface area contributed by atoms with Crippen molar-refractivity contribution < 1.29 is 47.5 Å². The summed E-state index contributed by atoms with van der Waals surface area (Å²) >= 11 is 0. The van der Waals surface area contributed by atoms with Crippen LogP contribution in [0.15, 0.2) is 72.9 Å². The van der Waals surface area contributed by atoms with Gasteiger partial charge in [-0.2, -0.15) is 0 Å². The van der Waals surface area contributed by atoms with E-state index in [1.54, 1.807) is 0 Å². The molecule has 62 heavy (non-hydrogen) atoms. The number of carboxylic acid groups (broad SMARTS) is 1. The highest BCUT2D eigenvalue weighted by atomic mass is 31.2. The summed E-state index contributed by atoms with van der Waals surface area (Å²) in [4.78, 5) is 46.1. The standard InChI is InChI=1S/C50H86NO10P/c1-3-5-7-9-11-13-15-17-19-21-22-23-24-26-28-30-32-34-36-38-40-42-49(53)61-46(44-59-62(56,57)60-45-47(51)50(54)55)43-58-48(52)41-39-37-35-33-31-29-27-25-20-18-16-14-12-10-8-6-4-2/h5,7,11-14,17-20,22-23,46-47H,3-4,6,8-10,15-16,21,24-45,51H2,1-2H3,(H,54,55)(H,56,57)/b7-5-,13-11-,14-12-,19-17-,20-18-,23-22-. The molecular formula is C50H86NO10P. The third-order valence-electron chi connectivity index (χ3n) is 9.94. The highest BCUT2D eigenvalue weighted by Gasteiger charge is 2.28. The molecule has 0 spiro atoms. The van der Waals surface area contributed by atoms with E-state index in [1.807, 2.05) is 0 Å². The SMILES string of the molecule is CC/C=C\C/C=C\C/C=C\C/C=C\CCCCCCCCCCC(=O)OC(COC(=O)CCCCCCCCC/C=C\C/C=C\CCCCC)COP(=O)(O)OCC(N)C(=O)O. The molecule has 356 valence electrons. The second-order valence-corrected chi connectivity index (χ2v) is 17.3. The van der Waals surface area contributed by atoms with Crippen LogP contribution in [0.2, 0.25) is 0 Å². The molecule has 3 atom stereocenters. The van der Waals surface area contributed by atoms with Crippen LogP contribution in [0, 0.1) is 0 Å². The number of unbranched alkanes of at least 4 members (excludes halogenated alkanes) is 18. The molecule has 4 N–H and O–H groups in total. The molecule has 11 nitrogen and oxygen atoms in total. The number of rotatable bonds is 44. The van der Waals surface area contributed by atoms with Gasteiger partial charge in [0.2, 0.25) is 0 Å². The third kappa shape index (κ3) is 43.6. The van der Waals surface area contributed by atoms with Gasteiger partial charge in [0.25, 0.3) is 0 Å². The Morgan fingerprint density at radius 1 is 0.516 bits per heavy atom. The Morgan fingerprint density at radius 2 is 0.903 bits per heavy atom. The Bertz CT molecular complexity index is 1320. The van der Waals surface area contributed by atoms with E-state index >= 15 is 0 Å². The lowest BCUT2D eigenvalue weighted by Gasteiger charge is -2.20. The van der Waals surface area contributed by atoms with E-state index in [-0.39, 0.29) is 19.4 Å². The predicted octanol–water partition coefficient (Wildman–Crippen LogP) is 13.3. The molecule has 0 aromatic rings. The zero-order valence-electron chi connectivity index (χ0n) is 38.7. The number of aliphatic carboxylic acids is 1. The number of allylic oxidation sites excluding steroid dienone is 12. The summed E-state index contributed by atoms with van der Waals surface area (Å²) in [6.45, 7) is 2.66. The van der Waals surface area contributed by atoms with Crippen molar-refractivity contribution in [3.63, 3.8) is 0 Å². The maximum atomic E-state index is 12.7. The van der Waals surface area contributed by atoms with E-state index in [0.29, 0.717) is 12.8 Å². The molecule has 3 unspecified atom stereocenters. The van der Waals surface area contributed by atoms with Crippen LogP contribution in [0.4, 0.5) is 0 Å². The first-order chi connectivity index (χ1) is 30.1. The first-order valence-electron chi connectivity index (χ1n) is 24.0. The lowest BCUT2D eigenvalue weighted by molar-refractivity contribution is -0.161. The topological polar surface area (TPSA) is 172 Å². The number of nitrogens with two attached hydrogens (primary N) is 1. The van der Waals surface area contributed by atoms with Crippen molar-refractivity contribution in [1.29, 1.82) is 0 Å². The van der Waals surface area contributed by atoms with E-state index in [2.05, 4.69) is 91.3 Å². The van der Waals surface area contributed by atoms with E-state index in [0.717, 1.165) is 96.3 Å². The summed E-state index contributed by atoms with van der Waals surface area (Å²) in [5.41, 5.74) is 5.34. The molecule has 0 rings (SSSR count). The third-order valence-corrected chi connectivity index (χ3v) is 10.9. The van der Waals surface area contributed by atoms with Gasteiger partial charge in [0.1, 0.15) is 12.6 Å². The summed E-state index contributed by atoms with van der Waals surface area (Å²) in [5, 5.41) is 8.91. The fraction of sp³-hybridized carbons (Fsp3) is 0.700. The summed E-state index contributed by atoms with van der Waals surface area (Å²) in [6, 6.07) is -1.53. The van der Waals surface area contributed by atoms with E-state index in [4.69, 9.17) is 24.8 Å². The fourth-order valence-electron chi connectivity index (χ4n) is 6.20. The average Bonchev–Trinajstić information content (AvgIpc) is 3.25. The molecule has 0 radical (unpaired) electrons. The molecule has 0 aromatic carbocycles. The number of esters is 2. The van der Waals surface area contributed by atoms with E-state index in [9.17, 15) is 23.8 Å². The van der Waals surface area contributed by atoms with E-state index in [1.165, 1.54) is 57.8 Å². The molecule has 0 fully saturated rings. The Hall–Kier alpha value is -3.08. The molecule has 12 heteroatoms. The van der Waals surface area contributed by atoms with Crippen molar-refractivity contribution in [2.75, 3.05) is 19.8 Å². The number of ether oxygens (including phenoxy) is 2. The van der Waals surface area contributed by atoms with Crippen LogP contribution >= 0.6 is 7.82 Å². The molecule has 0 saturated carbocycles. The highest BCUT2D eigenvalue weighted by molar-refractivity contribution is 7.47. The summed E-state index contributed by atoms with van der Waals surface area (Å²) in [5.74, 6) is -2.40. The number of carboxylic acids is 1. The first kappa shape index (κ1) is 58.9. The van der Waals surface area contributed by atoms with Crippen LogP contribution < -0.4 is 5.73 Å². The van der Waals surface area contributed by atoms with Crippen molar-refractivity contribution in [2.45, 2.75) is 206 Å². The van der Waals surface area contributed by atoms with Crippen molar-refractivity contribution in [1.82, 2.24) is 0 Å². The van der Waals surface area contributed by atoms with Crippen LogP contribution in [0.1, 0.15) is 194 Å². The average molecular weight is 892 g/mol. The maximum Gasteiger partial charge on any atom is 0.472 e. The zero-order chi connectivity index (χ0) is 45.6. The second kappa shape index (κ2) is 44.5. The Balaban J connectivity index is 4.33. The molecule has 0 amide bonds. The number of phosphoric ester groups is 1. The summed E-state index contributed by atoms with van der Waals surface area (Å²) in [6.07, 6.45) is 53.8. The normalized spacial score (nSPS) is 14.3. The van der Waals surface area contributed by atoms with Crippen LogP contribution in [-0.4, -0.2) is 59.9 Å². The predicted molar refractivity (Wildman–Crippen MR) is 254 cm³/mol. The van der Waals surface area contributed by atoms with Gasteiger partial charge in [0, 0.05) is 12.8 Å². The van der Waals surface area contributed by atoms with Crippen LogP contribution in [0.3, 0.4) is 0 Å². The number of carbonyl (C=O) groups excluding carboxylic acids is 2. The number of hydrogen-bond donors (Lipinski definition) is 3. The minimum Gasteiger partial charge on any atom is -0.480 e. The fourth-order valence-corrected chi connectivity index (χ4v) is 6.98. The van der Waals surface area contributed by atoms with Crippen molar-refractivity contribution in [3.8, 4) is 0 Å². The first-order valence-corrected chi connectivity index (χ1v) is 25.5. The van der Waals surface area contributed by atoms with Gasteiger partial charge in [-0.05, 0) is 83.5 Å². The molecule has 0 aliphatic carbocycles. The van der Waals surface area contributed by atoms with Crippen LogP contribution in [-0.2, 0) is 37.5 Å². The minimum absolute atomic E-state index is 0.146. The van der Waals surface area contributed by atoms with Crippen molar-refractivity contribution >= 4 is 25.7 Å². The highest BCUT2D eigenvalue weighted by Crippen LogP contribution is 2.43. The monoisotopic (exact) mass is 892 g/mol. The number of phosphoric acid groups is 1. The Labute approximate surface area is 376 Å². The van der Waals surface area contributed by atoms with Gasteiger partial charge in [-0.3, -0.25) is 23.4 Å². The minimum atomic E-state index is -4.73. The summed E-state index contributed by atoms with van der Waals surface area (Å²) in [7, 11) is -4.73. The maximum absolute atomic E-state index is 12.7. The van der Waals surface area contributed by atoms with Crippen LogP contribution in [0.25, 0.3) is 0 Å². The molecule has 0 aliphatic heterocycles. The smallest absolute Gasteiger partial charge is 0.472 e. The molecule has 0 aromatic heterocycles. The van der Waals surface area contributed by atoms with Crippen LogP contribution in [0.5, 0.6) is 0 Å². The lowest BCUT2D eigenvalue weighted by atomic mass is 10.1. The molecular weight excluding hydrogens is 806 g/mol. The van der Waals surface area contributed by atoms with Gasteiger partial charge in [-0.15, -0.1) is 0 Å². The van der Waals surface area contributed by atoms with Gasteiger partial charge in [0.05, 0.1) is 13.2 Å². The number of carbonyl (C=O) groups is 3. The van der Waals surface area contributed by atoms with E-state index < -0.39 is 51.1 Å². The Morgan fingerprint density at radius 3 is 1.35 bits per heavy atom. The van der Waals surface area contributed by atoms with Crippen molar-refractivity contribution in [3.05, 3.63) is 72.9 Å². The van der Waals surface area contributed by atoms with Crippen molar-refractivity contribution in [2.24, 2.45) is 5.73 Å². The largest absolute Gasteiger partial charge is 0.480 e. The molecule has 0 heterocycles. The quantitative estimate of drug-likeness (QED) is 0.0230. The van der Waals surface area contributed by atoms with Gasteiger partial charge >= 0.3 is 25.7 Å².